The molecular weight excluding hydrogens is 288 g/mol. The van der Waals surface area contributed by atoms with Crippen molar-refractivity contribution in [3.05, 3.63) is 12.0 Å². The minimum absolute atomic E-state index is 0.0985. The normalized spacial score (nSPS) is 22.4. The van der Waals surface area contributed by atoms with Gasteiger partial charge in [0.1, 0.15) is 5.82 Å². The van der Waals surface area contributed by atoms with Gasteiger partial charge in [-0.1, -0.05) is 6.92 Å². The average Bonchev–Trinajstić information content (AvgIpc) is 2.69. The summed E-state index contributed by atoms with van der Waals surface area (Å²) in [7, 11) is -1.74. The second kappa shape index (κ2) is 6.46. The zero-order chi connectivity index (χ0) is 15.6. The quantitative estimate of drug-likeness (QED) is 0.884. The fourth-order valence-corrected chi connectivity index (χ4v) is 4.13. The van der Waals surface area contributed by atoms with Gasteiger partial charge in [-0.05, 0) is 39.2 Å². The Bertz CT molecular complexity index is 562. The van der Waals surface area contributed by atoms with Crippen molar-refractivity contribution in [1.82, 2.24) is 19.2 Å². The number of sulfonamides is 1. The SMILES string of the molecule is Cc1nc(S(=O)(=O)NC(C)CN2CCCC(C)C2)cn1C. The van der Waals surface area contributed by atoms with Gasteiger partial charge in [-0.15, -0.1) is 0 Å². The van der Waals surface area contributed by atoms with E-state index in [2.05, 4.69) is 21.5 Å². The van der Waals surface area contributed by atoms with Gasteiger partial charge in [0.25, 0.3) is 10.0 Å². The fourth-order valence-electron chi connectivity index (χ4n) is 2.86. The molecule has 1 aromatic rings. The molecule has 1 aromatic heterocycles. The van der Waals surface area contributed by atoms with E-state index in [0.717, 1.165) is 19.6 Å². The van der Waals surface area contributed by atoms with Crippen molar-refractivity contribution in [2.45, 2.75) is 44.7 Å². The molecule has 0 spiro atoms. The van der Waals surface area contributed by atoms with E-state index < -0.39 is 10.0 Å². The van der Waals surface area contributed by atoms with E-state index in [1.807, 2.05) is 6.92 Å². The lowest BCUT2D eigenvalue weighted by Gasteiger charge is -2.32. The van der Waals surface area contributed by atoms with Crippen molar-refractivity contribution in [2.75, 3.05) is 19.6 Å². The summed E-state index contributed by atoms with van der Waals surface area (Å²) in [4.78, 5) is 6.43. The van der Waals surface area contributed by atoms with E-state index in [1.54, 1.807) is 24.7 Å². The second-order valence-corrected chi connectivity index (χ2v) is 7.93. The first-order valence-corrected chi connectivity index (χ1v) is 9.01. The number of aromatic nitrogens is 2. The standard InChI is InChI=1S/C14H26N4O2S/c1-11-6-5-7-18(8-11)9-12(2)16-21(19,20)14-10-17(4)13(3)15-14/h10-12,16H,5-9H2,1-4H3. The third-order valence-corrected chi connectivity index (χ3v) is 5.45. The second-order valence-electron chi connectivity index (χ2n) is 6.27. The molecule has 0 radical (unpaired) electrons. The molecule has 1 N–H and O–H groups in total. The van der Waals surface area contributed by atoms with E-state index >= 15 is 0 Å². The van der Waals surface area contributed by atoms with Crippen molar-refractivity contribution in [1.29, 1.82) is 0 Å². The van der Waals surface area contributed by atoms with Crippen LogP contribution in [0.15, 0.2) is 11.2 Å². The summed E-state index contributed by atoms with van der Waals surface area (Å²) >= 11 is 0. The van der Waals surface area contributed by atoms with E-state index in [1.165, 1.54) is 12.8 Å². The number of piperidine rings is 1. The first-order valence-electron chi connectivity index (χ1n) is 7.52. The van der Waals surface area contributed by atoms with Gasteiger partial charge in [-0.3, -0.25) is 0 Å². The maximum atomic E-state index is 12.3. The zero-order valence-corrected chi connectivity index (χ0v) is 14.2. The Balaban J connectivity index is 1.96. The third-order valence-electron chi connectivity index (χ3n) is 3.99. The summed E-state index contributed by atoms with van der Waals surface area (Å²) in [5, 5.41) is 0.0985. The predicted octanol–water partition coefficient (Wildman–Crippen LogP) is 1.13. The summed E-state index contributed by atoms with van der Waals surface area (Å²) in [5.74, 6) is 1.38. The van der Waals surface area contributed by atoms with Gasteiger partial charge >= 0.3 is 0 Å². The number of likely N-dealkylation sites (tertiary alicyclic amines) is 1. The molecule has 0 bridgehead atoms. The van der Waals surface area contributed by atoms with Crippen LogP contribution in [0.3, 0.4) is 0 Å². The lowest BCUT2D eigenvalue weighted by Crippen LogP contribution is -2.45. The molecule has 1 saturated heterocycles. The molecule has 7 heteroatoms. The summed E-state index contributed by atoms with van der Waals surface area (Å²) in [6.45, 7) is 8.80. The minimum atomic E-state index is -3.53. The molecule has 2 rings (SSSR count). The molecule has 1 aliphatic heterocycles. The van der Waals surface area contributed by atoms with Crippen LogP contribution in [0.5, 0.6) is 0 Å². The minimum Gasteiger partial charge on any atom is -0.337 e. The Kier molecular flexibility index (Phi) is 5.06. The molecule has 21 heavy (non-hydrogen) atoms. The van der Waals surface area contributed by atoms with Crippen LogP contribution in [-0.2, 0) is 17.1 Å². The highest BCUT2D eigenvalue weighted by Gasteiger charge is 2.23. The Morgan fingerprint density at radius 3 is 2.81 bits per heavy atom. The number of imidazole rings is 1. The van der Waals surface area contributed by atoms with Gasteiger partial charge in [0.2, 0.25) is 0 Å². The number of hydrogen-bond donors (Lipinski definition) is 1. The molecule has 1 fully saturated rings. The van der Waals surface area contributed by atoms with Gasteiger partial charge < -0.3 is 9.47 Å². The van der Waals surface area contributed by atoms with Crippen LogP contribution in [-0.4, -0.2) is 48.5 Å². The van der Waals surface area contributed by atoms with Crippen LogP contribution in [0.25, 0.3) is 0 Å². The predicted molar refractivity (Wildman–Crippen MR) is 82.6 cm³/mol. The number of aryl methyl sites for hydroxylation is 2. The molecule has 2 heterocycles. The molecule has 0 aliphatic carbocycles. The lowest BCUT2D eigenvalue weighted by molar-refractivity contribution is 0.174. The maximum absolute atomic E-state index is 12.3. The van der Waals surface area contributed by atoms with Gasteiger partial charge in [0.15, 0.2) is 5.03 Å². The van der Waals surface area contributed by atoms with E-state index in [9.17, 15) is 8.42 Å². The first-order chi connectivity index (χ1) is 9.78. The monoisotopic (exact) mass is 314 g/mol. The Hall–Kier alpha value is -0.920. The highest BCUT2D eigenvalue weighted by atomic mass is 32.2. The van der Waals surface area contributed by atoms with Crippen LogP contribution in [0.2, 0.25) is 0 Å². The molecule has 0 aromatic carbocycles. The van der Waals surface area contributed by atoms with E-state index in [-0.39, 0.29) is 11.1 Å². The van der Waals surface area contributed by atoms with Crippen molar-refractivity contribution >= 4 is 10.0 Å². The topological polar surface area (TPSA) is 67.2 Å². The van der Waals surface area contributed by atoms with Crippen molar-refractivity contribution in [3.63, 3.8) is 0 Å². The summed E-state index contributed by atoms with van der Waals surface area (Å²) in [6.07, 6.45) is 4.01. The molecule has 2 unspecified atom stereocenters. The number of rotatable bonds is 5. The molecule has 120 valence electrons. The number of hydrogen-bond acceptors (Lipinski definition) is 4. The lowest BCUT2D eigenvalue weighted by atomic mass is 10.00. The molecule has 6 nitrogen and oxygen atoms in total. The Morgan fingerprint density at radius 1 is 1.52 bits per heavy atom. The van der Waals surface area contributed by atoms with Crippen LogP contribution in [0, 0.1) is 12.8 Å². The molecule has 2 atom stereocenters. The smallest absolute Gasteiger partial charge is 0.259 e. The molecular formula is C14H26N4O2S. The van der Waals surface area contributed by atoms with Gasteiger partial charge in [0, 0.05) is 32.4 Å². The van der Waals surface area contributed by atoms with Crippen LogP contribution < -0.4 is 4.72 Å². The largest absolute Gasteiger partial charge is 0.337 e. The highest BCUT2D eigenvalue weighted by Crippen LogP contribution is 2.16. The summed E-state index contributed by atoms with van der Waals surface area (Å²) in [6, 6.07) is -0.123. The molecule has 0 saturated carbocycles. The van der Waals surface area contributed by atoms with Gasteiger partial charge in [0.05, 0.1) is 0 Å². The van der Waals surface area contributed by atoms with Gasteiger partial charge in [-0.25, -0.2) is 18.1 Å². The first kappa shape index (κ1) is 16.5. The fraction of sp³-hybridized carbons (Fsp3) is 0.786. The zero-order valence-electron chi connectivity index (χ0n) is 13.3. The maximum Gasteiger partial charge on any atom is 0.259 e. The molecule has 0 amide bonds. The van der Waals surface area contributed by atoms with Crippen LogP contribution >= 0.6 is 0 Å². The summed E-state index contributed by atoms with van der Waals surface area (Å²) < 4.78 is 29.1. The van der Waals surface area contributed by atoms with Crippen molar-refractivity contribution in [3.8, 4) is 0 Å². The Morgan fingerprint density at radius 2 is 2.24 bits per heavy atom. The van der Waals surface area contributed by atoms with Gasteiger partial charge in [-0.2, -0.15) is 0 Å². The molecule has 1 aliphatic rings. The van der Waals surface area contributed by atoms with Crippen LogP contribution in [0.4, 0.5) is 0 Å². The van der Waals surface area contributed by atoms with Crippen molar-refractivity contribution in [2.24, 2.45) is 13.0 Å². The highest BCUT2D eigenvalue weighted by molar-refractivity contribution is 7.89. The Labute approximate surface area is 127 Å². The third kappa shape index (κ3) is 4.28. The van der Waals surface area contributed by atoms with Crippen LogP contribution in [0.1, 0.15) is 32.5 Å². The van der Waals surface area contributed by atoms with E-state index in [4.69, 9.17) is 0 Å². The average molecular weight is 314 g/mol. The number of nitrogens with zero attached hydrogens (tertiary/aromatic N) is 3. The van der Waals surface area contributed by atoms with Crippen molar-refractivity contribution < 1.29 is 8.42 Å². The number of nitrogens with one attached hydrogen (secondary N) is 1. The summed E-state index contributed by atoms with van der Waals surface area (Å²) in [5.41, 5.74) is 0. The van der Waals surface area contributed by atoms with E-state index in [0.29, 0.717) is 11.7 Å².